The lowest BCUT2D eigenvalue weighted by molar-refractivity contribution is 0.275. The summed E-state index contributed by atoms with van der Waals surface area (Å²) in [6.45, 7) is -0.113. The van der Waals surface area contributed by atoms with Gasteiger partial charge in [-0.3, -0.25) is 0 Å². The van der Waals surface area contributed by atoms with E-state index in [2.05, 4.69) is 0 Å². The summed E-state index contributed by atoms with van der Waals surface area (Å²) in [6, 6.07) is 4.48. The molecule has 5 heteroatoms. The van der Waals surface area contributed by atoms with Crippen molar-refractivity contribution in [3.8, 4) is 6.07 Å². The lowest BCUT2D eigenvalue weighted by Gasteiger charge is -2.18. The van der Waals surface area contributed by atoms with Gasteiger partial charge in [-0.1, -0.05) is 6.07 Å². The van der Waals surface area contributed by atoms with Crippen molar-refractivity contribution in [2.75, 3.05) is 25.6 Å². The van der Waals surface area contributed by atoms with Crippen molar-refractivity contribution < 1.29 is 9.50 Å². The van der Waals surface area contributed by atoms with Crippen LogP contribution in [0.4, 0.5) is 10.1 Å². The molecule has 1 unspecified atom stereocenters. The van der Waals surface area contributed by atoms with Crippen LogP contribution < -0.4 is 10.6 Å². The summed E-state index contributed by atoms with van der Waals surface area (Å²) in [5.41, 5.74) is 6.50. The predicted molar refractivity (Wildman–Crippen MR) is 64.1 cm³/mol. The Morgan fingerprint density at radius 2 is 2.18 bits per heavy atom. The number of hydrogen-bond acceptors (Lipinski definition) is 4. The number of hydrogen-bond donors (Lipinski definition) is 2. The van der Waals surface area contributed by atoms with E-state index in [-0.39, 0.29) is 24.2 Å². The molecule has 1 aromatic rings. The van der Waals surface area contributed by atoms with Crippen LogP contribution >= 0.6 is 0 Å². The Balaban J connectivity index is 3.26. The van der Waals surface area contributed by atoms with Crippen LogP contribution in [0, 0.1) is 17.1 Å². The average molecular weight is 237 g/mol. The van der Waals surface area contributed by atoms with Gasteiger partial charge in [-0.05, 0) is 12.5 Å². The van der Waals surface area contributed by atoms with Crippen LogP contribution in [0.5, 0.6) is 0 Å². The summed E-state index contributed by atoms with van der Waals surface area (Å²) in [5.74, 6) is -0.598. The van der Waals surface area contributed by atoms with Gasteiger partial charge < -0.3 is 15.7 Å². The molecule has 3 N–H and O–H groups in total. The molecule has 1 aromatic carbocycles. The van der Waals surface area contributed by atoms with Crippen molar-refractivity contribution in [3.63, 3.8) is 0 Å². The molecule has 0 aliphatic carbocycles. The molecule has 0 fully saturated rings. The number of benzene rings is 1. The molecule has 1 atom stereocenters. The first-order chi connectivity index (χ1) is 8.02. The van der Waals surface area contributed by atoms with Crippen molar-refractivity contribution >= 4 is 5.69 Å². The van der Waals surface area contributed by atoms with E-state index in [4.69, 9.17) is 16.1 Å². The molecule has 0 aliphatic rings. The molecular weight excluding hydrogens is 221 g/mol. The number of aliphatic hydroxyl groups excluding tert-OH is 1. The van der Waals surface area contributed by atoms with Crippen molar-refractivity contribution in [3.05, 3.63) is 29.1 Å². The zero-order valence-corrected chi connectivity index (χ0v) is 9.94. The Kier molecular flexibility index (Phi) is 4.44. The van der Waals surface area contributed by atoms with E-state index in [0.29, 0.717) is 5.69 Å². The maximum absolute atomic E-state index is 14.1. The molecule has 0 heterocycles. The molecular formula is C12H16FN3O. The maximum Gasteiger partial charge on any atom is 0.147 e. The molecule has 1 rings (SSSR count). The first-order valence-corrected chi connectivity index (χ1v) is 5.29. The van der Waals surface area contributed by atoms with Gasteiger partial charge in [0.25, 0.3) is 0 Å². The van der Waals surface area contributed by atoms with Gasteiger partial charge in [-0.25, -0.2) is 4.39 Å². The average Bonchev–Trinajstić information content (AvgIpc) is 2.28. The fourth-order valence-electron chi connectivity index (χ4n) is 1.64. The van der Waals surface area contributed by atoms with Crippen LogP contribution in [0.15, 0.2) is 12.1 Å². The number of halogens is 1. The zero-order chi connectivity index (χ0) is 13.0. The van der Waals surface area contributed by atoms with Crippen LogP contribution in [0.1, 0.15) is 23.6 Å². The smallest absolute Gasteiger partial charge is 0.147 e. The third-order valence-electron chi connectivity index (χ3n) is 2.58. The van der Waals surface area contributed by atoms with Gasteiger partial charge in [0.1, 0.15) is 17.4 Å². The third kappa shape index (κ3) is 2.73. The molecule has 92 valence electrons. The van der Waals surface area contributed by atoms with Gasteiger partial charge in [0, 0.05) is 32.3 Å². The predicted octanol–water partition coefficient (Wildman–Crippen LogP) is 1.15. The van der Waals surface area contributed by atoms with E-state index in [9.17, 15) is 4.39 Å². The summed E-state index contributed by atoms with van der Waals surface area (Å²) in [5, 5.41) is 17.8. The standard InChI is InChI=1S/C12H16FN3O/c1-16(2)11-4-3-8(10(15)5-6-17)12(13)9(11)7-14/h3-4,10,17H,5-6,15H2,1-2H3. The molecule has 0 aliphatic heterocycles. The molecule has 0 amide bonds. The third-order valence-corrected chi connectivity index (χ3v) is 2.58. The minimum atomic E-state index is -0.598. The van der Waals surface area contributed by atoms with Crippen LogP contribution in [-0.2, 0) is 0 Å². The first-order valence-electron chi connectivity index (χ1n) is 5.29. The van der Waals surface area contributed by atoms with Gasteiger partial charge >= 0.3 is 0 Å². The highest BCUT2D eigenvalue weighted by molar-refractivity contribution is 5.60. The molecule has 0 saturated carbocycles. The molecule has 0 aromatic heterocycles. The number of rotatable bonds is 4. The normalized spacial score (nSPS) is 12.0. The summed E-state index contributed by atoms with van der Waals surface area (Å²) >= 11 is 0. The maximum atomic E-state index is 14.1. The van der Waals surface area contributed by atoms with Gasteiger partial charge in [0.2, 0.25) is 0 Å². The Bertz CT molecular complexity index is 440. The van der Waals surface area contributed by atoms with Crippen LogP contribution in [0.3, 0.4) is 0 Å². The second kappa shape index (κ2) is 5.62. The SMILES string of the molecule is CN(C)c1ccc(C(N)CCO)c(F)c1C#N. The van der Waals surface area contributed by atoms with Gasteiger partial charge in [-0.2, -0.15) is 5.26 Å². The fraction of sp³-hybridized carbons (Fsp3) is 0.417. The molecule has 0 spiro atoms. The van der Waals surface area contributed by atoms with Gasteiger partial charge in [-0.15, -0.1) is 0 Å². The Morgan fingerprint density at radius 1 is 1.53 bits per heavy atom. The van der Waals surface area contributed by atoms with Crippen molar-refractivity contribution in [2.45, 2.75) is 12.5 Å². The lowest BCUT2D eigenvalue weighted by Crippen LogP contribution is -2.17. The van der Waals surface area contributed by atoms with Gasteiger partial charge in [0.15, 0.2) is 0 Å². The molecule has 17 heavy (non-hydrogen) atoms. The van der Waals surface area contributed by atoms with Crippen LogP contribution in [-0.4, -0.2) is 25.8 Å². The highest BCUT2D eigenvalue weighted by Crippen LogP contribution is 2.27. The summed E-state index contributed by atoms with van der Waals surface area (Å²) < 4.78 is 14.1. The summed E-state index contributed by atoms with van der Waals surface area (Å²) in [7, 11) is 3.48. The first kappa shape index (κ1) is 13.4. The quantitative estimate of drug-likeness (QED) is 0.823. The molecule has 0 radical (unpaired) electrons. The van der Waals surface area contributed by atoms with Crippen LogP contribution in [0.2, 0.25) is 0 Å². The number of aliphatic hydroxyl groups is 1. The zero-order valence-electron chi connectivity index (χ0n) is 9.94. The summed E-state index contributed by atoms with van der Waals surface area (Å²) in [6.07, 6.45) is 0.267. The molecule has 0 bridgehead atoms. The fourth-order valence-corrected chi connectivity index (χ4v) is 1.64. The molecule has 4 nitrogen and oxygen atoms in total. The van der Waals surface area contributed by atoms with E-state index >= 15 is 0 Å². The van der Waals surface area contributed by atoms with Crippen molar-refractivity contribution in [2.24, 2.45) is 5.73 Å². The number of nitrogens with two attached hydrogens (primary N) is 1. The molecule has 0 saturated heterocycles. The highest BCUT2D eigenvalue weighted by atomic mass is 19.1. The monoisotopic (exact) mass is 237 g/mol. The minimum Gasteiger partial charge on any atom is -0.396 e. The number of nitriles is 1. The Labute approximate surface area is 100 Å². The van der Waals surface area contributed by atoms with Crippen molar-refractivity contribution in [1.82, 2.24) is 0 Å². The number of nitrogens with zero attached hydrogens (tertiary/aromatic N) is 2. The minimum absolute atomic E-state index is 0.0131. The highest BCUT2D eigenvalue weighted by Gasteiger charge is 2.18. The van der Waals surface area contributed by atoms with E-state index < -0.39 is 11.9 Å². The van der Waals surface area contributed by atoms with Crippen molar-refractivity contribution in [1.29, 1.82) is 5.26 Å². The van der Waals surface area contributed by atoms with E-state index in [1.807, 2.05) is 6.07 Å². The largest absolute Gasteiger partial charge is 0.396 e. The second-order valence-electron chi connectivity index (χ2n) is 3.99. The second-order valence-corrected chi connectivity index (χ2v) is 3.99. The van der Waals surface area contributed by atoms with Crippen LogP contribution in [0.25, 0.3) is 0 Å². The summed E-state index contributed by atoms with van der Waals surface area (Å²) in [4.78, 5) is 1.67. The Morgan fingerprint density at radius 3 is 2.65 bits per heavy atom. The van der Waals surface area contributed by atoms with E-state index in [1.165, 1.54) is 0 Å². The van der Waals surface area contributed by atoms with Gasteiger partial charge in [0.05, 0.1) is 5.69 Å². The lowest BCUT2D eigenvalue weighted by atomic mass is 10.00. The topological polar surface area (TPSA) is 73.3 Å². The Hall–Kier alpha value is -1.64. The van der Waals surface area contributed by atoms with E-state index in [1.54, 1.807) is 31.1 Å². The van der Waals surface area contributed by atoms with E-state index in [0.717, 1.165) is 0 Å². The number of anilines is 1.